The van der Waals surface area contributed by atoms with Crippen molar-refractivity contribution >= 4 is 33.0 Å². The van der Waals surface area contributed by atoms with Gasteiger partial charge in [0.2, 0.25) is 0 Å². The Hall–Kier alpha value is -0.650. The maximum atomic E-state index is 6.54. The lowest BCUT2D eigenvalue weighted by molar-refractivity contribution is 0.0890. The minimum absolute atomic E-state index is 0.426. The Bertz CT molecular complexity index is 598. The van der Waals surface area contributed by atoms with Crippen molar-refractivity contribution in [3.05, 3.63) is 34.2 Å². The van der Waals surface area contributed by atoms with Crippen LogP contribution >= 0.6 is 22.9 Å². The second-order valence-electron chi connectivity index (χ2n) is 5.46. The van der Waals surface area contributed by atoms with Crippen molar-refractivity contribution in [2.24, 2.45) is 5.73 Å². The van der Waals surface area contributed by atoms with Gasteiger partial charge in [-0.2, -0.15) is 0 Å². The molecule has 1 fully saturated rings. The number of nitrogens with two attached hydrogens (primary N) is 1. The Balaban J connectivity index is 1.83. The van der Waals surface area contributed by atoms with Crippen LogP contribution < -0.4 is 5.73 Å². The number of likely N-dealkylation sites (N-methyl/N-ethyl adjacent to an activating group) is 1. The molecule has 1 aromatic heterocycles. The summed E-state index contributed by atoms with van der Waals surface area (Å²) in [5, 5.41) is 2.09. The van der Waals surface area contributed by atoms with Crippen molar-refractivity contribution < 1.29 is 0 Å². The lowest BCUT2D eigenvalue weighted by Gasteiger charge is -2.39. The molecule has 20 heavy (non-hydrogen) atoms. The second kappa shape index (κ2) is 6.00. The third-order valence-electron chi connectivity index (χ3n) is 4.03. The van der Waals surface area contributed by atoms with Gasteiger partial charge in [-0.3, -0.25) is 4.90 Å². The van der Waals surface area contributed by atoms with E-state index in [0.29, 0.717) is 12.6 Å². The zero-order chi connectivity index (χ0) is 14.1. The van der Waals surface area contributed by atoms with Gasteiger partial charge in [-0.15, -0.1) is 11.3 Å². The van der Waals surface area contributed by atoms with Crippen LogP contribution in [0.2, 0.25) is 5.02 Å². The molecule has 0 spiro atoms. The summed E-state index contributed by atoms with van der Waals surface area (Å²) in [5.41, 5.74) is 5.92. The fourth-order valence-electron chi connectivity index (χ4n) is 2.83. The maximum Gasteiger partial charge on any atom is 0.0637 e. The first-order chi connectivity index (χ1) is 9.69. The highest BCUT2D eigenvalue weighted by molar-refractivity contribution is 7.19. The first-order valence-corrected chi connectivity index (χ1v) is 8.17. The molecular formula is C15H20ClN3S. The molecule has 0 saturated carbocycles. The largest absolute Gasteiger partial charge is 0.329 e. The quantitative estimate of drug-likeness (QED) is 0.946. The van der Waals surface area contributed by atoms with Gasteiger partial charge in [-0.1, -0.05) is 29.8 Å². The standard InChI is InChI=1S/C15H20ClN3S/c1-18-6-7-19(11(8-17)9-18)10-14-15(16)12-4-2-3-5-13(12)20-14/h2-5,11H,6-10,17H2,1H3. The average Bonchev–Trinajstić information content (AvgIpc) is 2.78. The number of hydrogen-bond acceptors (Lipinski definition) is 4. The van der Waals surface area contributed by atoms with Crippen molar-refractivity contribution in [1.29, 1.82) is 0 Å². The van der Waals surface area contributed by atoms with Crippen LogP contribution in [-0.2, 0) is 6.54 Å². The number of benzene rings is 1. The monoisotopic (exact) mass is 309 g/mol. The predicted octanol–water partition coefficient (Wildman–Crippen LogP) is 2.63. The van der Waals surface area contributed by atoms with Gasteiger partial charge in [0.1, 0.15) is 0 Å². The predicted molar refractivity (Wildman–Crippen MR) is 87.6 cm³/mol. The number of thiophene rings is 1. The summed E-state index contributed by atoms with van der Waals surface area (Å²) in [6, 6.07) is 8.78. The van der Waals surface area contributed by atoms with Crippen molar-refractivity contribution in [3.63, 3.8) is 0 Å². The molecule has 0 radical (unpaired) electrons. The van der Waals surface area contributed by atoms with E-state index in [4.69, 9.17) is 17.3 Å². The highest BCUT2D eigenvalue weighted by Gasteiger charge is 2.25. The molecule has 0 amide bonds. The van der Waals surface area contributed by atoms with Crippen LogP contribution in [-0.4, -0.2) is 49.1 Å². The van der Waals surface area contributed by atoms with E-state index in [1.54, 1.807) is 11.3 Å². The molecule has 1 atom stereocenters. The highest BCUT2D eigenvalue weighted by Crippen LogP contribution is 2.36. The summed E-state index contributed by atoms with van der Waals surface area (Å²) in [6.07, 6.45) is 0. The highest BCUT2D eigenvalue weighted by atomic mass is 35.5. The Morgan fingerprint density at radius 1 is 1.35 bits per heavy atom. The third kappa shape index (κ3) is 2.71. The van der Waals surface area contributed by atoms with Crippen LogP contribution in [0.1, 0.15) is 4.88 Å². The van der Waals surface area contributed by atoms with Gasteiger partial charge < -0.3 is 10.6 Å². The van der Waals surface area contributed by atoms with Crippen molar-refractivity contribution in [1.82, 2.24) is 9.80 Å². The summed E-state index contributed by atoms with van der Waals surface area (Å²) in [5.74, 6) is 0. The molecule has 2 aromatic rings. The number of nitrogens with zero attached hydrogens (tertiary/aromatic N) is 2. The minimum atomic E-state index is 0.426. The Morgan fingerprint density at radius 2 is 2.15 bits per heavy atom. The van der Waals surface area contributed by atoms with Gasteiger partial charge in [0.05, 0.1) is 5.02 Å². The summed E-state index contributed by atoms with van der Waals surface area (Å²) < 4.78 is 1.27. The molecule has 1 aromatic carbocycles. The Morgan fingerprint density at radius 3 is 2.90 bits per heavy atom. The molecule has 5 heteroatoms. The molecule has 2 heterocycles. The number of halogens is 1. The zero-order valence-electron chi connectivity index (χ0n) is 11.7. The molecule has 1 aliphatic heterocycles. The van der Waals surface area contributed by atoms with E-state index >= 15 is 0 Å². The summed E-state index contributed by atoms with van der Waals surface area (Å²) >= 11 is 8.34. The average molecular weight is 310 g/mol. The summed E-state index contributed by atoms with van der Waals surface area (Å²) in [7, 11) is 2.16. The van der Waals surface area contributed by atoms with Gasteiger partial charge >= 0.3 is 0 Å². The van der Waals surface area contributed by atoms with Crippen molar-refractivity contribution in [2.45, 2.75) is 12.6 Å². The first-order valence-electron chi connectivity index (χ1n) is 6.97. The van der Waals surface area contributed by atoms with Gasteiger partial charge in [0.25, 0.3) is 0 Å². The smallest absolute Gasteiger partial charge is 0.0637 e. The Kier molecular flexibility index (Phi) is 4.29. The molecule has 0 aliphatic carbocycles. The van der Waals surface area contributed by atoms with Gasteiger partial charge in [0, 0.05) is 53.7 Å². The van der Waals surface area contributed by atoms with E-state index < -0.39 is 0 Å². The number of rotatable bonds is 3. The maximum absolute atomic E-state index is 6.54. The summed E-state index contributed by atoms with van der Waals surface area (Å²) in [6.45, 7) is 4.81. The van der Waals surface area contributed by atoms with Crippen molar-refractivity contribution in [3.8, 4) is 0 Å². The zero-order valence-corrected chi connectivity index (χ0v) is 13.3. The lowest BCUT2D eigenvalue weighted by Crippen LogP contribution is -2.54. The molecule has 1 aliphatic rings. The topological polar surface area (TPSA) is 32.5 Å². The summed E-state index contributed by atoms with van der Waals surface area (Å²) in [4.78, 5) is 6.08. The molecule has 2 N–H and O–H groups in total. The van der Waals surface area contributed by atoms with E-state index in [0.717, 1.165) is 31.2 Å². The molecule has 1 unspecified atom stereocenters. The van der Waals surface area contributed by atoms with Crippen molar-refractivity contribution in [2.75, 3.05) is 33.2 Å². The third-order valence-corrected chi connectivity index (χ3v) is 5.73. The Labute approximate surface area is 128 Å². The molecule has 3 nitrogen and oxygen atoms in total. The SMILES string of the molecule is CN1CCN(Cc2sc3ccccc3c2Cl)C(CN)C1. The number of piperazine rings is 1. The second-order valence-corrected chi connectivity index (χ2v) is 6.97. The van der Waals surface area contributed by atoms with Gasteiger partial charge in [-0.05, 0) is 13.1 Å². The van der Waals surface area contributed by atoms with Gasteiger partial charge in [-0.25, -0.2) is 0 Å². The fourth-order valence-corrected chi connectivity index (χ4v) is 4.35. The normalized spacial score (nSPS) is 21.6. The molecular weight excluding hydrogens is 290 g/mol. The molecule has 108 valence electrons. The van der Waals surface area contributed by atoms with Crippen LogP contribution in [0.5, 0.6) is 0 Å². The molecule has 3 rings (SSSR count). The fraction of sp³-hybridized carbons (Fsp3) is 0.467. The van der Waals surface area contributed by atoms with E-state index in [9.17, 15) is 0 Å². The van der Waals surface area contributed by atoms with Crippen LogP contribution in [0, 0.1) is 0 Å². The van der Waals surface area contributed by atoms with Crippen LogP contribution in [0.25, 0.3) is 10.1 Å². The first kappa shape index (κ1) is 14.3. The molecule has 1 saturated heterocycles. The number of fused-ring (bicyclic) bond motifs is 1. The minimum Gasteiger partial charge on any atom is -0.329 e. The van der Waals surface area contributed by atoms with E-state index in [-0.39, 0.29) is 0 Å². The van der Waals surface area contributed by atoms with Gasteiger partial charge in [0.15, 0.2) is 0 Å². The van der Waals surface area contributed by atoms with E-state index in [2.05, 4.69) is 35.0 Å². The number of hydrogen-bond donors (Lipinski definition) is 1. The molecule has 0 bridgehead atoms. The van der Waals surface area contributed by atoms with E-state index in [1.807, 2.05) is 6.07 Å². The van der Waals surface area contributed by atoms with E-state index in [1.165, 1.54) is 15.0 Å². The van der Waals surface area contributed by atoms with Crippen LogP contribution in [0.4, 0.5) is 0 Å². The van der Waals surface area contributed by atoms with Crippen LogP contribution in [0.3, 0.4) is 0 Å². The lowest BCUT2D eigenvalue weighted by atomic mass is 10.1. The van der Waals surface area contributed by atoms with Crippen LogP contribution in [0.15, 0.2) is 24.3 Å².